The average molecular weight is 352 g/mol. The van der Waals surface area contributed by atoms with Gasteiger partial charge in [-0.1, -0.05) is 12.1 Å². The largest absolute Gasteiger partial charge is 0.352 e. The number of amides is 4. The van der Waals surface area contributed by atoms with Crippen LogP contribution in [0.1, 0.15) is 22.8 Å². The highest BCUT2D eigenvalue weighted by molar-refractivity contribution is 6.04. The zero-order valence-electron chi connectivity index (χ0n) is 14.4. The summed E-state index contributed by atoms with van der Waals surface area (Å²) in [6, 6.07) is 14.1. The fourth-order valence-electron chi connectivity index (χ4n) is 2.65. The Labute approximate surface area is 151 Å². The Morgan fingerprint density at radius 1 is 1.08 bits per heavy atom. The average Bonchev–Trinajstić information content (AvgIpc) is 3.07. The van der Waals surface area contributed by atoms with Crippen molar-refractivity contribution in [2.75, 3.05) is 23.3 Å². The Kier molecular flexibility index (Phi) is 5.17. The maximum Gasteiger partial charge on any atom is 0.321 e. The number of benzene rings is 2. The number of hydrogen-bond acceptors (Lipinski definition) is 3. The van der Waals surface area contributed by atoms with E-state index in [1.54, 1.807) is 53.4 Å². The molecule has 7 heteroatoms. The molecule has 0 aromatic heterocycles. The molecule has 0 spiro atoms. The van der Waals surface area contributed by atoms with Crippen LogP contribution in [0.25, 0.3) is 0 Å². The van der Waals surface area contributed by atoms with Crippen molar-refractivity contribution in [1.29, 1.82) is 0 Å². The molecule has 1 aliphatic heterocycles. The highest BCUT2D eigenvalue weighted by Gasteiger charge is 2.20. The third-order valence-electron chi connectivity index (χ3n) is 4.05. The normalized spacial score (nSPS) is 13.3. The predicted octanol–water partition coefficient (Wildman–Crippen LogP) is 2.10. The van der Waals surface area contributed by atoms with Crippen molar-refractivity contribution in [3.05, 3.63) is 59.7 Å². The topological polar surface area (TPSA) is 90.5 Å². The molecule has 2 aromatic carbocycles. The molecule has 0 unspecified atom stereocenters. The number of nitrogens with one attached hydrogen (secondary N) is 3. The quantitative estimate of drug-likeness (QED) is 0.770. The zero-order chi connectivity index (χ0) is 18.5. The number of anilines is 2. The molecule has 3 rings (SSSR count). The second kappa shape index (κ2) is 7.69. The first kappa shape index (κ1) is 17.5. The predicted molar refractivity (Wildman–Crippen MR) is 99.1 cm³/mol. The minimum absolute atomic E-state index is 0.0957. The van der Waals surface area contributed by atoms with Crippen molar-refractivity contribution in [2.24, 2.45) is 0 Å². The maximum absolute atomic E-state index is 12.3. The van der Waals surface area contributed by atoms with Gasteiger partial charge in [0.15, 0.2) is 0 Å². The monoisotopic (exact) mass is 352 g/mol. The summed E-state index contributed by atoms with van der Waals surface area (Å²) in [5, 5.41) is 8.29. The molecule has 0 saturated carbocycles. The fraction of sp³-hybridized carbons (Fsp3) is 0.211. The lowest BCUT2D eigenvalue weighted by Gasteiger charge is -2.14. The van der Waals surface area contributed by atoms with Crippen LogP contribution in [-0.2, 0) is 11.3 Å². The van der Waals surface area contributed by atoms with Crippen molar-refractivity contribution < 1.29 is 14.4 Å². The highest BCUT2D eigenvalue weighted by Crippen LogP contribution is 2.20. The van der Waals surface area contributed by atoms with Gasteiger partial charge in [0.1, 0.15) is 0 Å². The van der Waals surface area contributed by atoms with E-state index in [0.717, 1.165) is 11.3 Å². The van der Waals surface area contributed by atoms with Gasteiger partial charge in [-0.15, -0.1) is 0 Å². The molecule has 26 heavy (non-hydrogen) atoms. The Morgan fingerprint density at radius 3 is 2.35 bits per heavy atom. The van der Waals surface area contributed by atoms with E-state index in [9.17, 15) is 14.4 Å². The minimum Gasteiger partial charge on any atom is -0.352 e. The van der Waals surface area contributed by atoms with Gasteiger partial charge in [0.25, 0.3) is 5.91 Å². The second-order valence-corrected chi connectivity index (χ2v) is 5.99. The Morgan fingerprint density at radius 2 is 1.77 bits per heavy atom. The Bertz CT molecular complexity index is 816. The summed E-state index contributed by atoms with van der Waals surface area (Å²) < 4.78 is 0. The first-order chi connectivity index (χ1) is 12.5. The van der Waals surface area contributed by atoms with Crippen LogP contribution in [0.5, 0.6) is 0 Å². The summed E-state index contributed by atoms with van der Waals surface area (Å²) >= 11 is 0. The lowest BCUT2D eigenvalue weighted by Crippen LogP contribution is -2.27. The Hall–Kier alpha value is -3.35. The third kappa shape index (κ3) is 4.18. The van der Waals surface area contributed by atoms with E-state index in [2.05, 4.69) is 16.0 Å². The van der Waals surface area contributed by atoms with Crippen molar-refractivity contribution >= 4 is 29.2 Å². The summed E-state index contributed by atoms with van der Waals surface area (Å²) in [5.74, 6) is -0.315. The molecule has 0 radical (unpaired) electrons. The minimum atomic E-state index is -0.220. The summed E-state index contributed by atoms with van der Waals surface area (Å²) in [6.45, 7) is 3.16. The number of urea groups is 1. The van der Waals surface area contributed by atoms with Gasteiger partial charge in [-0.2, -0.15) is 0 Å². The van der Waals surface area contributed by atoms with Gasteiger partial charge in [-0.05, 0) is 42.0 Å². The van der Waals surface area contributed by atoms with Crippen LogP contribution in [-0.4, -0.2) is 30.9 Å². The van der Waals surface area contributed by atoms with E-state index in [1.165, 1.54) is 6.92 Å². The van der Waals surface area contributed by atoms with E-state index in [4.69, 9.17) is 0 Å². The van der Waals surface area contributed by atoms with Crippen LogP contribution in [0, 0.1) is 0 Å². The molecular weight excluding hydrogens is 332 g/mol. The standard InChI is InChI=1S/C19H20N4O3/c1-13(24)21-12-14-2-4-15(5-3-14)18(25)22-16-6-8-17(9-7-16)23-11-10-20-19(23)26/h2-9H,10-12H2,1H3,(H,20,26)(H,21,24)(H,22,25). The van der Waals surface area contributed by atoms with Crippen LogP contribution in [0.2, 0.25) is 0 Å². The van der Waals surface area contributed by atoms with Gasteiger partial charge in [0.05, 0.1) is 0 Å². The Balaban J connectivity index is 1.60. The molecule has 134 valence electrons. The molecule has 1 heterocycles. The molecule has 0 bridgehead atoms. The molecule has 1 fully saturated rings. The van der Waals surface area contributed by atoms with E-state index >= 15 is 0 Å². The molecule has 4 amide bonds. The third-order valence-corrected chi connectivity index (χ3v) is 4.05. The van der Waals surface area contributed by atoms with Crippen LogP contribution in [0.3, 0.4) is 0 Å². The van der Waals surface area contributed by atoms with Gasteiger partial charge in [0.2, 0.25) is 5.91 Å². The molecular formula is C19H20N4O3. The van der Waals surface area contributed by atoms with Crippen LogP contribution in [0.4, 0.5) is 16.2 Å². The van der Waals surface area contributed by atoms with Gasteiger partial charge in [-0.25, -0.2) is 4.79 Å². The van der Waals surface area contributed by atoms with Crippen molar-refractivity contribution in [1.82, 2.24) is 10.6 Å². The first-order valence-electron chi connectivity index (χ1n) is 8.33. The molecule has 7 nitrogen and oxygen atoms in total. The van der Waals surface area contributed by atoms with E-state index in [0.29, 0.717) is 30.9 Å². The van der Waals surface area contributed by atoms with Crippen molar-refractivity contribution in [2.45, 2.75) is 13.5 Å². The van der Waals surface area contributed by atoms with E-state index in [1.807, 2.05) is 0 Å². The summed E-state index contributed by atoms with van der Waals surface area (Å²) in [6.07, 6.45) is 0. The van der Waals surface area contributed by atoms with Gasteiger partial charge < -0.3 is 16.0 Å². The number of hydrogen-bond donors (Lipinski definition) is 3. The van der Waals surface area contributed by atoms with Gasteiger partial charge in [-0.3, -0.25) is 14.5 Å². The maximum atomic E-state index is 12.3. The van der Waals surface area contributed by atoms with Gasteiger partial charge in [0, 0.05) is 43.5 Å². The molecule has 1 aliphatic rings. The van der Waals surface area contributed by atoms with Crippen LogP contribution in [0.15, 0.2) is 48.5 Å². The number of carbonyl (C=O) groups is 3. The molecule has 3 N–H and O–H groups in total. The van der Waals surface area contributed by atoms with Crippen molar-refractivity contribution in [3.8, 4) is 0 Å². The lowest BCUT2D eigenvalue weighted by molar-refractivity contribution is -0.119. The number of nitrogens with zero attached hydrogens (tertiary/aromatic N) is 1. The van der Waals surface area contributed by atoms with Crippen molar-refractivity contribution in [3.63, 3.8) is 0 Å². The van der Waals surface area contributed by atoms with E-state index in [-0.39, 0.29) is 17.8 Å². The SMILES string of the molecule is CC(=O)NCc1ccc(C(=O)Nc2ccc(N3CCNC3=O)cc2)cc1. The zero-order valence-corrected chi connectivity index (χ0v) is 14.4. The molecule has 0 aliphatic carbocycles. The smallest absolute Gasteiger partial charge is 0.321 e. The number of rotatable bonds is 5. The number of carbonyl (C=O) groups excluding carboxylic acids is 3. The highest BCUT2D eigenvalue weighted by atomic mass is 16.2. The lowest BCUT2D eigenvalue weighted by atomic mass is 10.1. The van der Waals surface area contributed by atoms with Gasteiger partial charge >= 0.3 is 6.03 Å². The van der Waals surface area contributed by atoms with E-state index < -0.39 is 0 Å². The summed E-state index contributed by atoms with van der Waals surface area (Å²) in [5.41, 5.74) is 2.89. The van der Waals surface area contributed by atoms with Crippen LogP contribution >= 0.6 is 0 Å². The summed E-state index contributed by atoms with van der Waals surface area (Å²) in [4.78, 5) is 36.6. The summed E-state index contributed by atoms with van der Waals surface area (Å²) in [7, 11) is 0. The fourth-order valence-corrected chi connectivity index (χ4v) is 2.65. The molecule has 2 aromatic rings. The molecule has 0 atom stereocenters. The first-order valence-corrected chi connectivity index (χ1v) is 8.33. The van der Waals surface area contributed by atoms with Crippen LogP contribution < -0.4 is 20.9 Å². The second-order valence-electron chi connectivity index (χ2n) is 5.99. The molecule has 1 saturated heterocycles.